The maximum absolute atomic E-state index is 9.12. The van der Waals surface area contributed by atoms with E-state index in [9.17, 15) is 0 Å². The molecule has 0 radical (unpaired) electrons. The van der Waals surface area contributed by atoms with Crippen molar-refractivity contribution in [2.24, 2.45) is 5.41 Å². The first-order valence-electron chi connectivity index (χ1n) is 8.28. The largest absolute Gasteiger partial charge is 0.329 e. The van der Waals surface area contributed by atoms with Gasteiger partial charge in [0.25, 0.3) is 0 Å². The number of aromatic nitrogens is 3. The predicted octanol–water partition coefficient (Wildman–Crippen LogP) is 4.83. The highest BCUT2D eigenvalue weighted by molar-refractivity contribution is 9.08. The van der Waals surface area contributed by atoms with Crippen LogP contribution in [0.15, 0.2) is 36.5 Å². The molecule has 25 heavy (non-hydrogen) atoms. The van der Waals surface area contributed by atoms with E-state index in [0.717, 1.165) is 29.3 Å². The molecule has 0 aliphatic carbocycles. The number of alkyl halides is 1. The third kappa shape index (κ3) is 4.08. The van der Waals surface area contributed by atoms with Gasteiger partial charge < -0.3 is 4.57 Å². The Morgan fingerprint density at radius 1 is 1.16 bits per heavy atom. The number of fused-ring (bicyclic) bond motifs is 1. The molecule has 0 atom stereocenters. The molecule has 0 saturated carbocycles. The average molecular weight is 397 g/mol. The second kappa shape index (κ2) is 6.97. The Labute approximate surface area is 156 Å². The number of hydrogen-bond donors (Lipinski definition) is 0. The first-order valence-corrected chi connectivity index (χ1v) is 9.41. The zero-order valence-electron chi connectivity index (χ0n) is 14.8. The number of rotatable bonds is 4. The summed E-state index contributed by atoms with van der Waals surface area (Å²) in [6.45, 7) is 7.46. The fraction of sp³-hybridized carbons (Fsp3) is 0.350. The van der Waals surface area contributed by atoms with Crippen molar-refractivity contribution in [2.45, 2.75) is 39.1 Å². The minimum Gasteiger partial charge on any atom is -0.329 e. The lowest BCUT2D eigenvalue weighted by Crippen LogP contribution is -2.18. The van der Waals surface area contributed by atoms with Crippen molar-refractivity contribution < 1.29 is 0 Å². The Bertz CT molecular complexity index is 927. The van der Waals surface area contributed by atoms with Crippen LogP contribution in [-0.4, -0.2) is 14.5 Å². The molecule has 5 heteroatoms. The SMILES string of the molecule is CC(C)(C)Cn1c(Cc2ccc(CBr)cc2)cc2cnc(C#N)nc21. The molecule has 4 nitrogen and oxygen atoms in total. The lowest BCUT2D eigenvalue weighted by molar-refractivity contribution is 0.344. The first kappa shape index (κ1) is 17.6. The number of hydrogen-bond acceptors (Lipinski definition) is 3. The van der Waals surface area contributed by atoms with Crippen LogP contribution in [0.5, 0.6) is 0 Å². The molecule has 0 N–H and O–H groups in total. The molecule has 2 aromatic heterocycles. The van der Waals surface area contributed by atoms with Gasteiger partial charge in [0.15, 0.2) is 0 Å². The van der Waals surface area contributed by atoms with Crippen molar-refractivity contribution in [3.8, 4) is 6.07 Å². The third-order valence-electron chi connectivity index (χ3n) is 4.02. The van der Waals surface area contributed by atoms with E-state index in [4.69, 9.17) is 5.26 Å². The van der Waals surface area contributed by atoms with E-state index in [-0.39, 0.29) is 11.2 Å². The van der Waals surface area contributed by atoms with Crippen LogP contribution in [0.3, 0.4) is 0 Å². The molecular weight excluding hydrogens is 376 g/mol. The van der Waals surface area contributed by atoms with Crippen molar-refractivity contribution in [1.29, 1.82) is 5.26 Å². The van der Waals surface area contributed by atoms with Gasteiger partial charge in [-0.2, -0.15) is 5.26 Å². The molecule has 0 fully saturated rings. The van der Waals surface area contributed by atoms with E-state index in [1.165, 1.54) is 16.8 Å². The predicted molar refractivity (Wildman–Crippen MR) is 104 cm³/mol. The van der Waals surface area contributed by atoms with Crippen molar-refractivity contribution in [3.63, 3.8) is 0 Å². The molecule has 128 valence electrons. The minimum absolute atomic E-state index is 0.109. The molecule has 0 aliphatic heterocycles. The Morgan fingerprint density at radius 2 is 1.84 bits per heavy atom. The maximum Gasteiger partial charge on any atom is 0.234 e. The van der Waals surface area contributed by atoms with Crippen molar-refractivity contribution in [2.75, 3.05) is 0 Å². The Balaban J connectivity index is 2.05. The molecular formula is C20H21BrN4. The summed E-state index contributed by atoms with van der Waals surface area (Å²) in [6.07, 6.45) is 2.58. The summed E-state index contributed by atoms with van der Waals surface area (Å²) in [4.78, 5) is 8.57. The van der Waals surface area contributed by atoms with E-state index >= 15 is 0 Å². The van der Waals surface area contributed by atoms with Crippen LogP contribution < -0.4 is 0 Å². The monoisotopic (exact) mass is 396 g/mol. The molecule has 3 rings (SSSR count). The van der Waals surface area contributed by atoms with Gasteiger partial charge in [-0.25, -0.2) is 9.97 Å². The average Bonchev–Trinajstić information content (AvgIpc) is 2.90. The molecule has 0 aliphatic rings. The van der Waals surface area contributed by atoms with E-state index in [1.54, 1.807) is 6.20 Å². The third-order valence-corrected chi connectivity index (χ3v) is 4.66. The number of halogens is 1. The molecule has 0 bridgehead atoms. The zero-order chi connectivity index (χ0) is 18.0. The summed E-state index contributed by atoms with van der Waals surface area (Å²) in [5, 5.41) is 11.0. The number of nitrogens with zero attached hydrogens (tertiary/aromatic N) is 4. The van der Waals surface area contributed by atoms with Gasteiger partial charge in [-0.05, 0) is 22.6 Å². The normalized spacial score (nSPS) is 11.6. The van der Waals surface area contributed by atoms with Crippen LogP contribution in [-0.2, 0) is 18.3 Å². The minimum atomic E-state index is 0.109. The summed E-state index contributed by atoms with van der Waals surface area (Å²) in [5.41, 5.74) is 4.67. The van der Waals surface area contributed by atoms with Gasteiger partial charge in [0.2, 0.25) is 5.82 Å². The van der Waals surface area contributed by atoms with Gasteiger partial charge in [0, 0.05) is 35.6 Å². The van der Waals surface area contributed by atoms with Gasteiger partial charge in [-0.15, -0.1) is 0 Å². The fourth-order valence-electron chi connectivity index (χ4n) is 2.90. The molecule has 0 spiro atoms. The second-order valence-corrected chi connectivity index (χ2v) is 8.05. The zero-order valence-corrected chi connectivity index (χ0v) is 16.3. The van der Waals surface area contributed by atoms with Gasteiger partial charge in [0.1, 0.15) is 11.7 Å². The molecule has 0 unspecified atom stereocenters. The highest BCUT2D eigenvalue weighted by Crippen LogP contribution is 2.26. The van der Waals surface area contributed by atoms with E-state index in [1.807, 2.05) is 6.07 Å². The molecule has 3 aromatic rings. The van der Waals surface area contributed by atoms with Crippen LogP contribution in [0.4, 0.5) is 0 Å². The summed E-state index contributed by atoms with van der Waals surface area (Å²) >= 11 is 3.48. The van der Waals surface area contributed by atoms with Gasteiger partial charge in [-0.3, -0.25) is 0 Å². The highest BCUT2D eigenvalue weighted by Gasteiger charge is 2.18. The second-order valence-electron chi connectivity index (χ2n) is 7.49. The van der Waals surface area contributed by atoms with E-state index < -0.39 is 0 Å². The van der Waals surface area contributed by atoms with Crippen molar-refractivity contribution in [1.82, 2.24) is 14.5 Å². The molecule has 0 saturated heterocycles. The lowest BCUT2D eigenvalue weighted by Gasteiger charge is -2.21. The van der Waals surface area contributed by atoms with Gasteiger partial charge in [0.05, 0.1) is 0 Å². The van der Waals surface area contributed by atoms with E-state index in [0.29, 0.717) is 0 Å². The maximum atomic E-state index is 9.12. The van der Waals surface area contributed by atoms with E-state index in [2.05, 4.69) is 81.6 Å². The summed E-state index contributed by atoms with van der Waals surface area (Å²) < 4.78 is 2.23. The Kier molecular flexibility index (Phi) is 4.91. The number of benzene rings is 1. The fourth-order valence-corrected chi connectivity index (χ4v) is 3.27. The molecule has 0 amide bonds. The Hall–Kier alpha value is -2.19. The van der Waals surface area contributed by atoms with Crippen LogP contribution >= 0.6 is 15.9 Å². The van der Waals surface area contributed by atoms with Crippen molar-refractivity contribution in [3.05, 3.63) is 59.2 Å². The number of nitriles is 1. The Morgan fingerprint density at radius 3 is 2.44 bits per heavy atom. The standard InChI is InChI=1S/C20H21BrN4/c1-20(2,3)13-25-17(8-14-4-6-15(10-21)7-5-14)9-16-12-23-18(11-22)24-19(16)25/h4-7,9,12H,8,10,13H2,1-3H3. The van der Waals surface area contributed by atoms with Crippen LogP contribution in [0.25, 0.3) is 11.0 Å². The van der Waals surface area contributed by atoms with Gasteiger partial charge >= 0.3 is 0 Å². The van der Waals surface area contributed by atoms with Crippen LogP contribution in [0, 0.1) is 16.7 Å². The summed E-state index contributed by atoms with van der Waals surface area (Å²) in [6, 6.07) is 12.8. The molecule has 1 aromatic carbocycles. The lowest BCUT2D eigenvalue weighted by atomic mass is 9.96. The van der Waals surface area contributed by atoms with Gasteiger partial charge in [-0.1, -0.05) is 61.0 Å². The topological polar surface area (TPSA) is 54.5 Å². The summed E-state index contributed by atoms with van der Waals surface area (Å²) in [7, 11) is 0. The smallest absolute Gasteiger partial charge is 0.234 e. The quantitative estimate of drug-likeness (QED) is 0.593. The van der Waals surface area contributed by atoms with Crippen molar-refractivity contribution >= 4 is 27.0 Å². The highest BCUT2D eigenvalue weighted by atomic mass is 79.9. The molecule has 2 heterocycles. The van der Waals surface area contributed by atoms with Crippen LogP contribution in [0.2, 0.25) is 0 Å². The summed E-state index contributed by atoms with van der Waals surface area (Å²) in [5.74, 6) is 0.217. The first-order chi connectivity index (χ1) is 11.9. The van der Waals surface area contributed by atoms with Crippen LogP contribution in [0.1, 0.15) is 43.4 Å².